The second-order valence-electron chi connectivity index (χ2n) is 4.32. The number of para-hydroxylation sites is 1. The number of alkyl halides is 3. The van der Waals surface area contributed by atoms with Gasteiger partial charge in [-0.25, -0.2) is 0 Å². The third kappa shape index (κ3) is 3.47. The van der Waals surface area contributed by atoms with Crippen LogP contribution < -0.4 is 5.32 Å². The van der Waals surface area contributed by atoms with E-state index in [1.54, 1.807) is 0 Å². The van der Waals surface area contributed by atoms with E-state index in [-0.39, 0.29) is 6.54 Å². The molecule has 0 saturated heterocycles. The quantitative estimate of drug-likeness (QED) is 0.847. The van der Waals surface area contributed by atoms with Crippen LogP contribution >= 0.6 is 0 Å². The van der Waals surface area contributed by atoms with Crippen LogP contribution in [0, 0.1) is 0 Å². The zero-order chi connectivity index (χ0) is 13.9. The SMILES string of the molecule is CCn1nc(CNCCC(F)(F)F)c2ccccc21. The van der Waals surface area contributed by atoms with Crippen LogP contribution in [0.1, 0.15) is 19.0 Å². The molecule has 0 radical (unpaired) electrons. The van der Waals surface area contributed by atoms with Crippen LogP contribution in [-0.2, 0) is 13.1 Å². The molecule has 0 atom stereocenters. The highest BCUT2D eigenvalue weighted by molar-refractivity contribution is 5.81. The first kappa shape index (κ1) is 13.9. The van der Waals surface area contributed by atoms with E-state index in [1.165, 1.54) is 0 Å². The molecular formula is C13H16F3N3. The van der Waals surface area contributed by atoms with E-state index in [4.69, 9.17) is 0 Å². The first-order valence-electron chi connectivity index (χ1n) is 6.23. The fraction of sp³-hybridized carbons (Fsp3) is 0.462. The topological polar surface area (TPSA) is 29.9 Å². The first-order valence-corrected chi connectivity index (χ1v) is 6.23. The minimum absolute atomic E-state index is 0.0865. The van der Waals surface area contributed by atoms with Crippen molar-refractivity contribution in [1.29, 1.82) is 0 Å². The summed E-state index contributed by atoms with van der Waals surface area (Å²) in [6.07, 6.45) is -4.93. The van der Waals surface area contributed by atoms with Crippen LogP contribution in [0.5, 0.6) is 0 Å². The minimum Gasteiger partial charge on any atom is -0.311 e. The van der Waals surface area contributed by atoms with Crippen molar-refractivity contribution in [3.63, 3.8) is 0 Å². The lowest BCUT2D eigenvalue weighted by atomic mass is 10.2. The van der Waals surface area contributed by atoms with E-state index in [0.717, 1.165) is 23.1 Å². The maximum absolute atomic E-state index is 12.0. The standard InChI is InChI=1S/C13H16F3N3/c1-2-19-12-6-4-3-5-10(12)11(18-19)9-17-8-7-13(14,15)16/h3-6,17H,2,7-9H2,1H3. The van der Waals surface area contributed by atoms with Gasteiger partial charge in [-0.1, -0.05) is 18.2 Å². The zero-order valence-electron chi connectivity index (χ0n) is 10.7. The van der Waals surface area contributed by atoms with E-state index in [0.29, 0.717) is 6.54 Å². The van der Waals surface area contributed by atoms with E-state index in [2.05, 4.69) is 10.4 Å². The predicted octanol–water partition coefficient (Wildman–Crippen LogP) is 3.10. The molecule has 3 nitrogen and oxygen atoms in total. The summed E-state index contributed by atoms with van der Waals surface area (Å²) in [4.78, 5) is 0. The maximum atomic E-state index is 12.0. The first-order chi connectivity index (χ1) is 9.01. The number of nitrogens with zero attached hydrogens (tertiary/aromatic N) is 2. The van der Waals surface area contributed by atoms with Crippen molar-refractivity contribution < 1.29 is 13.2 Å². The highest BCUT2D eigenvalue weighted by Crippen LogP contribution is 2.20. The molecule has 104 valence electrons. The largest absolute Gasteiger partial charge is 0.390 e. The summed E-state index contributed by atoms with van der Waals surface area (Å²) in [6.45, 7) is 2.99. The molecular weight excluding hydrogens is 255 g/mol. The third-order valence-electron chi connectivity index (χ3n) is 2.91. The lowest BCUT2D eigenvalue weighted by Gasteiger charge is -2.06. The molecule has 1 N–H and O–H groups in total. The van der Waals surface area contributed by atoms with Gasteiger partial charge < -0.3 is 5.32 Å². The molecule has 0 aliphatic rings. The van der Waals surface area contributed by atoms with Crippen molar-refractivity contribution in [2.75, 3.05) is 6.54 Å². The van der Waals surface area contributed by atoms with Gasteiger partial charge in [-0.15, -0.1) is 0 Å². The number of fused-ring (bicyclic) bond motifs is 1. The Hall–Kier alpha value is -1.56. The van der Waals surface area contributed by atoms with Gasteiger partial charge in [0.05, 0.1) is 17.6 Å². The number of hydrogen-bond acceptors (Lipinski definition) is 2. The molecule has 0 aliphatic heterocycles. The molecule has 1 aromatic heterocycles. The molecule has 0 unspecified atom stereocenters. The summed E-state index contributed by atoms with van der Waals surface area (Å²) < 4.78 is 38.0. The van der Waals surface area contributed by atoms with Gasteiger partial charge in [0.25, 0.3) is 0 Å². The Morgan fingerprint density at radius 1 is 1.26 bits per heavy atom. The summed E-state index contributed by atoms with van der Waals surface area (Å²) in [6, 6.07) is 7.74. The molecule has 6 heteroatoms. The molecule has 0 bridgehead atoms. The monoisotopic (exact) mass is 271 g/mol. The number of halogens is 3. The molecule has 2 aromatic rings. The van der Waals surface area contributed by atoms with Gasteiger partial charge in [-0.2, -0.15) is 18.3 Å². The summed E-state index contributed by atoms with van der Waals surface area (Å²) in [5.74, 6) is 0. The molecule has 0 aliphatic carbocycles. The highest BCUT2D eigenvalue weighted by atomic mass is 19.4. The summed E-state index contributed by atoms with van der Waals surface area (Å²) in [5.41, 5.74) is 1.80. The van der Waals surface area contributed by atoms with Crippen LogP contribution in [-0.4, -0.2) is 22.5 Å². The summed E-state index contributed by atoms with van der Waals surface area (Å²) in [5, 5.41) is 8.20. The van der Waals surface area contributed by atoms with Crippen molar-refractivity contribution in [1.82, 2.24) is 15.1 Å². The van der Waals surface area contributed by atoms with Crippen LogP contribution in [0.4, 0.5) is 13.2 Å². The number of benzene rings is 1. The second kappa shape index (κ2) is 5.61. The van der Waals surface area contributed by atoms with Crippen LogP contribution in [0.2, 0.25) is 0 Å². The molecule has 1 aromatic carbocycles. The van der Waals surface area contributed by atoms with Gasteiger partial charge in [0.15, 0.2) is 0 Å². The van der Waals surface area contributed by atoms with Gasteiger partial charge in [0.1, 0.15) is 0 Å². The number of aromatic nitrogens is 2. The number of nitrogens with one attached hydrogen (secondary N) is 1. The number of hydrogen-bond donors (Lipinski definition) is 1. The average molecular weight is 271 g/mol. The Morgan fingerprint density at radius 2 is 2.00 bits per heavy atom. The zero-order valence-corrected chi connectivity index (χ0v) is 10.7. The van der Waals surface area contributed by atoms with Crippen molar-refractivity contribution in [3.05, 3.63) is 30.0 Å². The normalized spacial score (nSPS) is 12.2. The highest BCUT2D eigenvalue weighted by Gasteiger charge is 2.26. The Morgan fingerprint density at radius 3 is 2.68 bits per heavy atom. The molecule has 0 fully saturated rings. The summed E-state index contributed by atoms with van der Waals surface area (Å²) >= 11 is 0. The van der Waals surface area contributed by atoms with Gasteiger partial charge >= 0.3 is 6.18 Å². The smallest absolute Gasteiger partial charge is 0.311 e. The van der Waals surface area contributed by atoms with E-state index >= 15 is 0 Å². The molecule has 0 spiro atoms. The molecule has 0 amide bonds. The molecule has 19 heavy (non-hydrogen) atoms. The van der Waals surface area contributed by atoms with Crippen molar-refractivity contribution in [2.24, 2.45) is 0 Å². The fourth-order valence-corrected chi connectivity index (χ4v) is 2.00. The lowest BCUT2D eigenvalue weighted by Crippen LogP contribution is -2.21. The maximum Gasteiger partial charge on any atom is 0.390 e. The van der Waals surface area contributed by atoms with Gasteiger partial charge in [-0.3, -0.25) is 4.68 Å². The number of aryl methyl sites for hydroxylation is 1. The lowest BCUT2D eigenvalue weighted by molar-refractivity contribution is -0.133. The van der Waals surface area contributed by atoms with E-state index in [9.17, 15) is 13.2 Å². The minimum atomic E-state index is -4.11. The van der Waals surface area contributed by atoms with Gasteiger partial charge in [-0.05, 0) is 13.0 Å². The van der Waals surface area contributed by atoms with Crippen molar-refractivity contribution >= 4 is 10.9 Å². The second-order valence-corrected chi connectivity index (χ2v) is 4.32. The third-order valence-corrected chi connectivity index (χ3v) is 2.91. The van der Waals surface area contributed by atoms with Crippen LogP contribution in [0.3, 0.4) is 0 Å². The van der Waals surface area contributed by atoms with E-state index in [1.807, 2.05) is 35.9 Å². The predicted molar refractivity (Wildman–Crippen MR) is 67.8 cm³/mol. The Kier molecular flexibility index (Phi) is 4.09. The van der Waals surface area contributed by atoms with Crippen molar-refractivity contribution in [3.8, 4) is 0 Å². The molecule has 1 heterocycles. The van der Waals surface area contributed by atoms with E-state index < -0.39 is 12.6 Å². The van der Waals surface area contributed by atoms with Gasteiger partial charge in [0, 0.05) is 25.0 Å². The molecule has 2 rings (SSSR count). The number of rotatable bonds is 5. The summed E-state index contributed by atoms with van der Waals surface area (Å²) in [7, 11) is 0. The van der Waals surface area contributed by atoms with Crippen LogP contribution in [0.15, 0.2) is 24.3 Å². The Balaban J connectivity index is 2.05. The molecule has 0 saturated carbocycles. The Labute approximate surface area is 109 Å². The van der Waals surface area contributed by atoms with Crippen LogP contribution in [0.25, 0.3) is 10.9 Å². The van der Waals surface area contributed by atoms with Gasteiger partial charge in [0.2, 0.25) is 0 Å². The Bertz CT molecular complexity index is 546. The van der Waals surface area contributed by atoms with Crippen molar-refractivity contribution in [2.45, 2.75) is 32.6 Å². The fourth-order valence-electron chi connectivity index (χ4n) is 2.00. The average Bonchev–Trinajstić information content (AvgIpc) is 2.72.